The summed E-state index contributed by atoms with van der Waals surface area (Å²) >= 11 is 0. The van der Waals surface area contributed by atoms with Gasteiger partial charge in [-0.1, -0.05) is 0 Å². The zero-order valence-corrected chi connectivity index (χ0v) is 29.2. The number of fused-ring (bicyclic) bond motifs is 3. The van der Waals surface area contributed by atoms with Crippen molar-refractivity contribution in [2.24, 2.45) is 0 Å². The predicted octanol–water partition coefficient (Wildman–Crippen LogP) is 6.46. The third-order valence-corrected chi connectivity index (χ3v) is 10.5. The number of nitrogens with zero attached hydrogens (tertiary/aromatic N) is 2. The average Bonchev–Trinajstić information content (AvgIpc) is 3.10. The van der Waals surface area contributed by atoms with Gasteiger partial charge in [0.1, 0.15) is 5.75 Å². The summed E-state index contributed by atoms with van der Waals surface area (Å²) in [5.74, 6) is 3.97. The van der Waals surface area contributed by atoms with E-state index in [-0.39, 0.29) is 23.6 Å². The van der Waals surface area contributed by atoms with Crippen LogP contribution in [0, 0.1) is 0 Å². The second kappa shape index (κ2) is 12.9. The molecule has 2 N–H and O–H groups in total. The Morgan fingerprint density at radius 3 is 1.98 bits per heavy atom. The zero-order chi connectivity index (χ0) is 34.6. The summed E-state index contributed by atoms with van der Waals surface area (Å²) < 4.78 is 35.5. The standard InChI is InChI=1S/C39H44N2O8/c1-40-10-8-21-15-32(44-3)30(43)18-25(21)27(40)13-24-14-29(42)33(45-4)20-31(24)49-35-17-23-12-28-37-22(9-11-41(28)2)16-36(47-6)39(48-7)38(37)26(23)19-34(35)46-5/h14-20,27-28,42-43H,8-13H2,1-7H3/t27-,28-/m0/s1. The Bertz CT molecular complexity index is 1920. The van der Waals surface area contributed by atoms with E-state index in [0.29, 0.717) is 46.7 Å². The molecule has 0 bridgehead atoms. The van der Waals surface area contributed by atoms with E-state index >= 15 is 0 Å². The van der Waals surface area contributed by atoms with Gasteiger partial charge in [0.2, 0.25) is 0 Å². The monoisotopic (exact) mass is 668 g/mol. The molecule has 0 amide bonds. The van der Waals surface area contributed by atoms with Gasteiger partial charge in [0.15, 0.2) is 46.0 Å². The van der Waals surface area contributed by atoms with Crippen molar-refractivity contribution in [2.45, 2.75) is 37.8 Å². The maximum atomic E-state index is 10.9. The first kappa shape index (κ1) is 32.7. The number of benzene rings is 4. The number of phenolic OH excluding ortho intramolecular Hbond substituents is 2. The minimum atomic E-state index is -0.0869. The van der Waals surface area contributed by atoms with Crippen molar-refractivity contribution in [2.75, 3.05) is 62.7 Å². The lowest BCUT2D eigenvalue weighted by atomic mass is 9.76. The largest absolute Gasteiger partial charge is 0.504 e. The van der Waals surface area contributed by atoms with Gasteiger partial charge < -0.3 is 38.6 Å². The molecule has 4 aromatic carbocycles. The summed E-state index contributed by atoms with van der Waals surface area (Å²) in [6.45, 7) is 1.77. The molecule has 0 saturated carbocycles. The molecule has 2 heterocycles. The maximum Gasteiger partial charge on any atom is 0.169 e. The molecule has 0 radical (unpaired) electrons. The molecule has 10 heteroatoms. The molecule has 0 spiro atoms. The third kappa shape index (κ3) is 5.53. The van der Waals surface area contributed by atoms with Gasteiger partial charge in [0.05, 0.1) is 35.5 Å². The molecule has 1 aliphatic carbocycles. The molecule has 3 aliphatic rings. The molecule has 0 fully saturated rings. The molecular weight excluding hydrogens is 624 g/mol. The Morgan fingerprint density at radius 1 is 0.633 bits per heavy atom. The van der Waals surface area contributed by atoms with E-state index in [0.717, 1.165) is 65.7 Å². The second-order valence-corrected chi connectivity index (χ2v) is 13.1. The molecule has 10 nitrogen and oxygen atoms in total. The van der Waals surface area contributed by atoms with Gasteiger partial charge in [-0.25, -0.2) is 0 Å². The first-order valence-electron chi connectivity index (χ1n) is 16.6. The Balaban J connectivity index is 1.33. The fourth-order valence-electron chi connectivity index (χ4n) is 7.91. The average molecular weight is 669 g/mol. The van der Waals surface area contributed by atoms with Gasteiger partial charge in [-0.2, -0.15) is 0 Å². The van der Waals surface area contributed by atoms with E-state index in [1.54, 1.807) is 46.6 Å². The van der Waals surface area contributed by atoms with Gasteiger partial charge in [-0.3, -0.25) is 9.80 Å². The predicted molar refractivity (Wildman–Crippen MR) is 186 cm³/mol. The molecular formula is C39H44N2O8. The smallest absolute Gasteiger partial charge is 0.169 e. The Hall–Kier alpha value is -4.80. The molecule has 2 atom stereocenters. The molecule has 7 rings (SSSR count). The number of rotatable bonds is 9. The topological polar surface area (TPSA) is 102 Å². The fourth-order valence-corrected chi connectivity index (χ4v) is 7.91. The van der Waals surface area contributed by atoms with E-state index in [1.165, 1.54) is 18.2 Å². The first-order valence-corrected chi connectivity index (χ1v) is 16.6. The van der Waals surface area contributed by atoms with Crippen LogP contribution in [0.1, 0.15) is 45.5 Å². The van der Waals surface area contributed by atoms with Gasteiger partial charge in [0, 0.05) is 42.4 Å². The minimum Gasteiger partial charge on any atom is -0.504 e. The van der Waals surface area contributed by atoms with Gasteiger partial charge >= 0.3 is 0 Å². The Morgan fingerprint density at radius 2 is 1.27 bits per heavy atom. The summed E-state index contributed by atoms with van der Waals surface area (Å²) in [5, 5.41) is 21.6. The van der Waals surface area contributed by atoms with Crippen molar-refractivity contribution >= 4 is 0 Å². The van der Waals surface area contributed by atoms with Crippen LogP contribution in [-0.4, -0.2) is 82.7 Å². The van der Waals surface area contributed by atoms with E-state index in [4.69, 9.17) is 28.4 Å². The normalized spacial score (nSPS) is 18.2. The molecule has 4 aromatic rings. The number of hydrogen-bond donors (Lipinski definition) is 2. The summed E-state index contributed by atoms with van der Waals surface area (Å²) in [6, 6.07) is 13.4. The third-order valence-electron chi connectivity index (χ3n) is 10.5. The van der Waals surface area contributed by atoms with E-state index in [2.05, 4.69) is 36.0 Å². The highest BCUT2D eigenvalue weighted by Gasteiger charge is 2.37. The van der Waals surface area contributed by atoms with Gasteiger partial charge in [-0.05, 0) is 110 Å². The maximum absolute atomic E-state index is 10.9. The van der Waals surface area contributed by atoms with Crippen LogP contribution in [0.4, 0.5) is 0 Å². The molecule has 49 heavy (non-hydrogen) atoms. The lowest BCUT2D eigenvalue weighted by molar-refractivity contribution is 0.226. The summed E-state index contributed by atoms with van der Waals surface area (Å²) in [5.41, 5.74) is 8.65. The number of aromatic hydroxyl groups is 2. The Kier molecular flexibility index (Phi) is 8.62. The summed E-state index contributed by atoms with van der Waals surface area (Å²) in [7, 11) is 12.3. The van der Waals surface area contributed by atoms with Crippen molar-refractivity contribution in [3.63, 3.8) is 0 Å². The van der Waals surface area contributed by atoms with Crippen LogP contribution in [0.25, 0.3) is 11.1 Å². The van der Waals surface area contributed by atoms with E-state index in [9.17, 15) is 10.2 Å². The zero-order valence-electron chi connectivity index (χ0n) is 29.2. The summed E-state index contributed by atoms with van der Waals surface area (Å²) in [6.07, 6.45) is 3.07. The van der Waals surface area contributed by atoms with Crippen molar-refractivity contribution in [3.05, 3.63) is 75.8 Å². The van der Waals surface area contributed by atoms with Crippen LogP contribution in [0.3, 0.4) is 0 Å². The van der Waals surface area contributed by atoms with Crippen molar-refractivity contribution in [3.8, 4) is 62.9 Å². The fraction of sp³-hybridized carbons (Fsp3) is 0.385. The van der Waals surface area contributed by atoms with Crippen molar-refractivity contribution in [1.82, 2.24) is 9.80 Å². The lowest BCUT2D eigenvalue weighted by Crippen LogP contribution is -2.35. The first-order chi connectivity index (χ1) is 23.7. The lowest BCUT2D eigenvalue weighted by Gasteiger charge is -2.40. The quantitative estimate of drug-likeness (QED) is 0.207. The number of methoxy groups -OCH3 is 5. The van der Waals surface area contributed by atoms with Crippen molar-refractivity contribution < 1.29 is 38.6 Å². The van der Waals surface area contributed by atoms with Crippen LogP contribution >= 0.6 is 0 Å². The van der Waals surface area contributed by atoms with Gasteiger partial charge in [0.25, 0.3) is 0 Å². The highest BCUT2D eigenvalue weighted by molar-refractivity contribution is 5.85. The summed E-state index contributed by atoms with van der Waals surface area (Å²) in [4.78, 5) is 4.66. The number of hydrogen-bond acceptors (Lipinski definition) is 10. The number of phenols is 2. The van der Waals surface area contributed by atoms with Gasteiger partial charge in [-0.15, -0.1) is 0 Å². The minimum absolute atomic E-state index is 0.0207. The second-order valence-electron chi connectivity index (χ2n) is 13.1. The highest BCUT2D eigenvalue weighted by atomic mass is 16.5. The van der Waals surface area contributed by atoms with E-state index < -0.39 is 0 Å². The van der Waals surface area contributed by atoms with E-state index in [1.807, 2.05) is 12.1 Å². The highest BCUT2D eigenvalue weighted by Crippen LogP contribution is 2.54. The SMILES string of the molecule is COc1cc2c(cc1O)[C@H](Cc1cc(O)c(OC)cc1Oc1cc3c(cc1OC)-c1c(OC)c(OC)cc4c1[C@H](C3)N(C)CC4)N(C)CC2. The molecule has 0 unspecified atom stereocenters. The van der Waals surface area contributed by atoms with Crippen LogP contribution in [-0.2, 0) is 25.7 Å². The van der Waals surface area contributed by atoms with Crippen LogP contribution in [0.5, 0.6) is 51.7 Å². The van der Waals surface area contributed by atoms with Crippen LogP contribution in [0.15, 0.2) is 42.5 Å². The number of likely N-dealkylation sites (N-methyl/N-ethyl adjacent to an activating group) is 2. The van der Waals surface area contributed by atoms with Crippen LogP contribution < -0.4 is 28.4 Å². The molecule has 0 aromatic heterocycles. The molecule has 258 valence electrons. The Labute approximate surface area is 287 Å². The van der Waals surface area contributed by atoms with Crippen LogP contribution in [0.2, 0.25) is 0 Å². The molecule has 0 saturated heterocycles. The van der Waals surface area contributed by atoms with Crippen molar-refractivity contribution in [1.29, 1.82) is 0 Å². The molecule has 2 aliphatic heterocycles. The number of ether oxygens (including phenoxy) is 6.